The van der Waals surface area contributed by atoms with Gasteiger partial charge in [-0.05, 0) is 18.1 Å². The van der Waals surface area contributed by atoms with Gasteiger partial charge in [0.1, 0.15) is 17.6 Å². The molecule has 1 aromatic rings. The lowest BCUT2D eigenvalue weighted by atomic mass is 10.0. The molecule has 1 heterocycles. The van der Waals surface area contributed by atoms with E-state index >= 15 is 0 Å². The lowest BCUT2D eigenvalue weighted by molar-refractivity contribution is 0.0734. The SMILES string of the molecule is COc1ccc(F)c2c1C(=O)N(CC(C)C)C2C#N. The molecule has 0 bridgehead atoms. The van der Waals surface area contributed by atoms with Crippen LogP contribution >= 0.6 is 0 Å². The zero-order chi connectivity index (χ0) is 14.2. The fourth-order valence-electron chi connectivity index (χ4n) is 2.36. The summed E-state index contributed by atoms with van der Waals surface area (Å²) in [6, 6.07) is 3.78. The highest BCUT2D eigenvalue weighted by atomic mass is 19.1. The highest BCUT2D eigenvalue weighted by molar-refractivity contribution is 6.02. The van der Waals surface area contributed by atoms with Crippen LogP contribution in [0.25, 0.3) is 0 Å². The summed E-state index contributed by atoms with van der Waals surface area (Å²) < 4.78 is 19.0. The summed E-state index contributed by atoms with van der Waals surface area (Å²) >= 11 is 0. The van der Waals surface area contributed by atoms with Crippen molar-refractivity contribution in [3.63, 3.8) is 0 Å². The topological polar surface area (TPSA) is 53.3 Å². The van der Waals surface area contributed by atoms with Crippen molar-refractivity contribution in [1.29, 1.82) is 5.26 Å². The van der Waals surface area contributed by atoms with Crippen LogP contribution in [0, 0.1) is 23.1 Å². The van der Waals surface area contributed by atoms with E-state index in [0.717, 1.165) is 0 Å². The predicted octanol–water partition coefficient (Wildman–Crippen LogP) is 2.51. The van der Waals surface area contributed by atoms with Gasteiger partial charge in [0.15, 0.2) is 0 Å². The van der Waals surface area contributed by atoms with E-state index in [1.807, 2.05) is 19.9 Å². The smallest absolute Gasteiger partial charge is 0.259 e. The molecule has 0 N–H and O–H groups in total. The minimum Gasteiger partial charge on any atom is -0.496 e. The Balaban J connectivity index is 2.58. The summed E-state index contributed by atoms with van der Waals surface area (Å²) in [5.74, 6) is -0.371. The third-order valence-corrected chi connectivity index (χ3v) is 3.12. The standard InChI is InChI=1S/C14H15FN2O2/c1-8(2)7-17-10(6-16)12-9(15)4-5-11(19-3)13(12)14(17)18/h4-5,8,10H,7H2,1-3H3. The number of nitriles is 1. The van der Waals surface area contributed by atoms with Gasteiger partial charge in [-0.3, -0.25) is 4.79 Å². The molecule has 1 amide bonds. The number of fused-ring (bicyclic) bond motifs is 1. The summed E-state index contributed by atoms with van der Waals surface area (Å²) in [5.41, 5.74) is 0.308. The largest absolute Gasteiger partial charge is 0.496 e. The van der Waals surface area contributed by atoms with E-state index in [1.165, 1.54) is 24.1 Å². The number of rotatable bonds is 3. The minimum atomic E-state index is -0.875. The highest BCUT2D eigenvalue weighted by Crippen LogP contribution is 2.40. The van der Waals surface area contributed by atoms with Crippen molar-refractivity contribution in [2.24, 2.45) is 5.92 Å². The van der Waals surface area contributed by atoms with E-state index in [9.17, 15) is 14.4 Å². The Hall–Kier alpha value is -2.09. The molecular formula is C14H15FN2O2. The van der Waals surface area contributed by atoms with Crippen LogP contribution < -0.4 is 4.74 Å². The summed E-state index contributed by atoms with van der Waals surface area (Å²) in [7, 11) is 1.42. The Morgan fingerprint density at radius 1 is 1.53 bits per heavy atom. The van der Waals surface area contributed by atoms with Crippen LogP contribution in [0.4, 0.5) is 4.39 Å². The monoisotopic (exact) mass is 262 g/mol. The van der Waals surface area contributed by atoms with Crippen molar-refractivity contribution in [2.75, 3.05) is 13.7 Å². The predicted molar refractivity (Wildman–Crippen MR) is 67.2 cm³/mol. The first kappa shape index (κ1) is 13.3. The summed E-state index contributed by atoms with van der Waals surface area (Å²) in [5, 5.41) is 9.25. The molecule has 0 aromatic heterocycles. The lowest BCUT2D eigenvalue weighted by Crippen LogP contribution is -2.31. The second-order valence-electron chi connectivity index (χ2n) is 4.92. The summed E-state index contributed by atoms with van der Waals surface area (Å²) in [6.07, 6.45) is 0. The quantitative estimate of drug-likeness (QED) is 0.841. The van der Waals surface area contributed by atoms with Crippen molar-refractivity contribution in [1.82, 2.24) is 4.90 Å². The van der Waals surface area contributed by atoms with E-state index in [4.69, 9.17) is 4.74 Å². The molecule has 0 radical (unpaired) electrons. The van der Waals surface area contributed by atoms with Crippen LogP contribution in [0.5, 0.6) is 5.75 Å². The first-order chi connectivity index (χ1) is 9.01. The summed E-state index contributed by atoms with van der Waals surface area (Å²) in [4.78, 5) is 13.8. The molecule has 5 heteroatoms. The number of hydrogen-bond acceptors (Lipinski definition) is 3. The van der Waals surface area contributed by atoms with Gasteiger partial charge >= 0.3 is 0 Å². The molecule has 1 aliphatic rings. The first-order valence-corrected chi connectivity index (χ1v) is 6.08. The zero-order valence-corrected chi connectivity index (χ0v) is 11.1. The number of amides is 1. The van der Waals surface area contributed by atoms with Crippen LogP contribution in [0.1, 0.15) is 35.8 Å². The number of methoxy groups -OCH3 is 1. The van der Waals surface area contributed by atoms with Crippen molar-refractivity contribution in [3.05, 3.63) is 29.1 Å². The van der Waals surface area contributed by atoms with Gasteiger partial charge in [-0.2, -0.15) is 5.26 Å². The molecule has 1 aromatic carbocycles. The van der Waals surface area contributed by atoms with Crippen molar-refractivity contribution in [3.8, 4) is 11.8 Å². The number of nitrogens with zero attached hydrogens (tertiary/aromatic N) is 2. The van der Waals surface area contributed by atoms with Crippen LogP contribution in [0.3, 0.4) is 0 Å². The van der Waals surface area contributed by atoms with Gasteiger partial charge in [-0.1, -0.05) is 13.8 Å². The molecule has 0 fully saturated rings. The van der Waals surface area contributed by atoms with Crippen molar-refractivity contribution >= 4 is 5.91 Å². The van der Waals surface area contributed by atoms with E-state index in [2.05, 4.69) is 0 Å². The maximum atomic E-state index is 13.9. The first-order valence-electron chi connectivity index (χ1n) is 6.08. The maximum absolute atomic E-state index is 13.9. The fraction of sp³-hybridized carbons (Fsp3) is 0.429. The normalized spacial score (nSPS) is 17.6. The average molecular weight is 262 g/mol. The molecule has 19 heavy (non-hydrogen) atoms. The van der Waals surface area contributed by atoms with Crippen LogP contribution in [-0.2, 0) is 0 Å². The number of hydrogen-bond donors (Lipinski definition) is 0. The van der Waals surface area contributed by atoms with Crippen molar-refractivity contribution < 1.29 is 13.9 Å². The Labute approximate surface area is 111 Å². The Kier molecular flexibility index (Phi) is 3.43. The fourth-order valence-corrected chi connectivity index (χ4v) is 2.36. The molecule has 0 spiro atoms. The Bertz CT molecular complexity index is 563. The van der Waals surface area contributed by atoms with Crippen LogP contribution in [0.2, 0.25) is 0 Å². The Morgan fingerprint density at radius 2 is 2.21 bits per heavy atom. The van der Waals surface area contributed by atoms with E-state index in [1.54, 1.807) is 0 Å². The van der Waals surface area contributed by atoms with Crippen LogP contribution in [-0.4, -0.2) is 24.5 Å². The molecule has 4 nitrogen and oxygen atoms in total. The second kappa shape index (κ2) is 4.88. The van der Waals surface area contributed by atoms with Gasteiger partial charge in [0.25, 0.3) is 5.91 Å². The number of carbonyl (C=O) groups excluding carboxylic acids is 1. The average Bonchev–Trinajstić information content (AvgIpc) is 2.64. The zero-order valence-electron chi connectivity index (χ0n) is 11.1. The van der Waals surface area contributed by atoms with E-state index in [-0.39, 0.29) is 23.0 Å². The van der Waals surface area contributed by atoms with Gasteiger partial charge in [0.05, 0.1) is 18.7 Å². The molecule has 1 atom stereocenters. The molecule has 100 valence electrons. The number of carbonyl (C=O) groups is 1. The molecule has 2 rings (SSSR count). The third-order valence-electron chi connectivity index (χ3n) is 3.12. The second-order valence-corrected chi connectivity index (χ2v) is 4.92. The highest BCUT2D eigenvalue weighted by Gasteiger charge is 2.41. The van der Waals surface area contributed by atoms with E-state index in [0.29, 0.717) is 12.3 Å². The maximum Gasteiger partial charge on any atom is 0.259 e. The number of ether oxygens (including phenoxy) is 1. The van der Waals surface area contributed by atoms with Crippen LogP contribution in [0.15, 0.2) is 12.1 Å². The number of benzene rings is 1. The van der Waals surface area contributed by atoms with Gasteiger partial charge in [0, 0.05) is 12.1 Å². The number of halogens is 1. The Morgan fingerprint density at radius 3 is 2.74 bits per heavy atom. The van der Waals surface area contributed by atoms with Gasteiger partial charge in [-0.15, -0.1) is 0 Å². The van der Waals surface area contributed by atoms with Gasteiger partial charge in [0.2, 0.25) is 0 Å². The molecule has 1 unspecified atom stereocenters. The summed E-state index contributed by atoms with van der Waals surface area (Å²) in [6.45, 7) is 4.30. The minimum absolute atomic E-state index is 0.132. The van der Waals surface area contributed by atoms with Crippen molar-refractivity contribution in [2.45, 2.75) is 19.9 Å². The van der Waals surface area contributed by atoms with Gasteiger partial charge in [-0.25, -0.2) is 4.39 Å². The van der Waals surface area contributed by atoms with E-state index < -0.39 is 11.9 Å². The third kappa shape index (κ3) is 2.03. The molecule has 0 saturated carbocycles. The molecule has 0 saturated heterocycles. The molecule has 1 aliphatic heterocycles. The molecular weight excluding hydrogens is 247 g/mol. The lowest BCUT2D eigenvalue weighted by Gasteiger charge is -2.21. The van der Waals surface area contributed by atoms with Gasteiger partial charge < -0.3 is 9.64 Å². The molecule has 0 aliphatic carbocycles.